The molecule has 0 fully saturated rings. The maximum atomic E-state index is 8.58. The molecule has 0 aromatic rings. The zero-order valence-corrected chi connectivity index (χ0v) is 7.04. The SMILES string of the molecule is [Al+3].[Mg+2].[O]=[Mn](=[O])([O-])[O-]. The monoisotopic (exact) mass is 170 g/mol. The third-order valence-corrected chi connectivity index (χ3v) is 0. The van der Waals surface area contributed by atoms with Crippen LogP contribution in [0.3, 0.4) is 0 Å². The van der Waals surface area contributed by atoms with Crippen LogP contribution in [-0.4, -0.2) is 40.4 Å². The Bertz CT molecular complexity index is 94.9. The van der Waals surface area contributed by atoms with E-state index in [9.17, 15) is 0 Å². The third kappa shape index (κ3) is 117. The van der Waals surface area contributed by atoms with Crippen molar-refractivity contribution >= 4 is 40.4 Å². The van der Waals surface area contributed by atoms with Crippen LogP contribution in [0, 0.1) is 0 Å². The Kier molecular flexibility index (Phi) is 12.3. The van der Waals surface area contributed by atoms with Crippen LogP contribution in [0.25, 0.3) is 0 Å². The molecule has 0 rings (SSSR count). The molecule has 0 amide bonds. The van der Waals surface area contributed by atoms with E-state index in [0.29, 0.717) is 0 Å². The van der Waals surface area contributed by atoms with Gasteiger partial charge in [0.05, 0.1) is 0 Å². The van der Waals surface area contributed by atoms with Crippen molar-refractivity contribution < 1.29 is 29.4 Å². The predicted molar refractivity (Wildman–Crippen MR) is 12.9 cm³/mol. The maximum absolute atomic E-state index is 8.58. The second kappa shape index (κ2) is 5.47. The first kappa shape index (κ1) is 15.8. The van der Waals surface area contributed by atoms with E-state index in [1.54, 1.807) is 0 Å². The van der Waals surface area contributed by atoms with Gasteiger partial charge in [0.25, 0.3) is 0 Å². The topological polar surface area (TPSA) is 80.3 Å². The summed E-state index contributed by atoms with van der Waals surface area (Å²) < 4.78 is 34.3. The Balaban J connectivity index is -0.0000000800. The van der Waals surface area contributed by atoms with E-state index in [1.165, 1.54) is 0 Å². The Hall–Kier alpha value is 1.34. The third-order valence-electron chi connectivity index (χ3n) is 0. The van der Waals surface area contributed by atoms with Crippen molar-refractivity contribution in [1.29, 1.82) is 0 Å². The van der Waals surface area contributed by atoms with E-state index in [-0.39, 0.29) is 40.4 Å². The molecule has 0 bridgehead atoms. The molecule has 0 aromatic carbocycles. The van der Waals surface area contributed by atoms with Gasteiger partial charge in [-0.3, -0.25) is 0 Å². The normalized spacial score (nSPS) is 8.29. The van der Waals surface area contributed by atoms with Crippen LogP contribution in [0.15, 0.2) is 0 Å². The Morgan fingerprint density at radius 3 is 1.14 bits per heavy atom. The second-order valence-corrected chi connectivity index (χ2v) is 1.56. The second-order valence-electron chi connectivity index (χ2n) is 0.378. The van der Waals surface area contributed by atoms with E-state index >= 15 is 0 Å². The molecular weight excluding hydrogens is 170 g/mol. The molecule has 0 spiro atoms. The average Bonchev–Trinajstić information content (AvgIpc) is 0.722. The van der Waals surface area contributed by atoms with Crippen molar-refractivity contribution in [1.82, 2.24) is 0 Å². The van der Waals surface area contributed by atoms with Crippen molar-refractivity contribution in [2.24, 2.45) is 0 Å². The molecule has 7 heavy (non-hydrogen) atoms. The van der Waals surface area contributed by atoms with Crippen LogP contribution in [0.5, 0.6) is 0 Å². The summed E-state index contributed by atoms with van der Waals surface area (Å²) in [7, 11) is 0. The summed E-state index contributed by atoms with van der Waals surface area (Å²) in [6.45, 7) is 0. The molecule has 0 saturated carbocycles. The summed E-state index contributed by atoms with van der Waals surface area (Å²) >= 11 is -5.62. The fourth-order valence-corrected chi connectivity index (χ4v) is 0. The summed E-state index contributed by atoms with van der Waals surface area (Å²) in [5, 5.41) is 0. The summed E-state index contributed by atoms with van der Waals surface area (Å²) in [4.78, 5) is 0. The molecule has 0 saturated heterocycles. The summed E-state index contributed by atoms with van der Waals surface area (Å²) in [6.07, 6.45) is 0. The van der Waals surface area contributed by atoms with E-state index in [0.717, 1.165) is 0 Å². The van der Waals surface area contributed by atoms with Crippen molar-refractivity contribution in [2.45, 2.75) is 0 Å². The molecule has 0 radical (unpaired) electrons. The van der Waals surface area contributed by atoms with Crippen molar-refractivity contribution in [3.05, 3.63) is 0 Å². The zero-order chi connectivity index (χ0) is 4.50. The molecule has 0 aromatic heterocycles. The molecule has 4 nitrogen and oxygen atoms in total. The van der Waals surface area contributed by atoms with Gasteiger partial charge in [-0.05, 0) is 0 Å². The Morgan fingerprint density at radius 2 is 1.14 bits per heavy atom. The first-order chi connectivity index (χ1) is 2.00. The quantitative estimate of drug-likeness (QED) is 0.355. The molecule has 0 aliphatic rings. The standard InChI is InChI=1S/Al.Mg.Mn.4O/q+3;+2;;;;2*-1. The molecule has 0 aliphatic carbocycles. The van der Waals surface area contributed by atoms with E-state index in [1.807, 2.05) is 0 Å². The average molecular weight is 170 g/mol. The van der Waals surface area contributed by atoms with Gasteiger partial charge in [0, 0.05) is 0 Å². The van der Waals surface area contributed by atoms with Gasteiger partial charge < -0.3 is 0 Å². The summed E-state index contributed by atoms with van der Waals surface area (Å²) in [5.41, 5.74) is 0. The van der Waals surface area contributed by atoms with Gasteiger partial charge in [0.1, 0.15) is 0 Å². The molecule has 0 unspecified atom stereocenters. The van der Waals surface area contributed by atoms with E-state index in [2.05, 4.69) is 0 Å². The van der Waals surface area contributed by atoms with Crippen molar-refractivity contribution in [3.63, 3.8) is 0 Å². The van der Waals surface area contributed by atoms with Gasteiger partial charge in [-0.15, -0.1) is 0 Å². The molecular formula is AlMgMnO4+3. The van der Waals surface area contributed by atoms with Gasteiger partial charge in [-0.25, -0.2) is 0 Å². The van der Waals surface area contributed by atoms with E-state index in [4.69, 9.17) is 16.0 Å². The van der Waals surface area contributed by atoms with Crippen LogP contribution in [0.2, 0.25) is 0 Å². The molecule has 7 heteroatoms. The van der Waals surface area contributed by atoms with Gasteiger partial charge in [0.15, 0.2) is 0 Å². The fourth-order valence-electron chi connectivity index (χ4n) is 0. The summed E-state index contributed by atoms with van der Waals surface area (Å²) in [5.74, 6) is 0. The van der Waals surface area contributed by atoms with Crippen molar-refractivity contribution in [3.8, 4) is 0 Å². The molecule has 33 valence electrons. The molecule has 0 heterocycles. The number of hydrogen-bond acceptors (Lipinski definition) is 4. The Labute approximate surface area is 69.5 Å². The predicted octanol–water partition coefficient (Wildman–Crippen LogP) is -3.38. The van der Waals surface area contributed by atoms with E-state index < -0.39 is 13.4 Å². The van der Waals surface area contributed by atoms with Gasteiger partial charge in [-0.2, -0.15) is 0 Å². The Morgan fingerprint density at radius 1 is 1.14 bits per heavy atom. The van der Waals surface area contributed by atoms with Crippen molar-refractivity contribution in [2.75, 3.05) is 0 Å². The number of rotatable bonds is 0. The fraction of sp³-hybridized carbons (Fsp3) is 0. The first-order valence-electron chi connectivity index (χ1n) is 0.617. The van der Waals surface area contributed by atoms with Crippen LogP contribution in [-0.2, 0) is 21.0 Å². The van der Waals surface area contributed by atoms with Crippen LogP contribution < -0.4 is 8.38 Å². The molecule has 0 aliphatic heterocycles. The summed E-state index contributed by atoms with van der Waals surface area (Å²) in [6, 6.07) is 0. The molecule has 0 N–H and O–H groups in total. The van der Waals surface area contributed by atoms with Gasteiger partial charge in [-0.1, -0.05) is 0 Å². The van der Waals surface area contributed by atoms with Crippen LogP contribution in [0.1, 0.15) is 0 Å². The van der Waals surface area contributed by atoms with Crippen LogP contribution in [0.4, 0.5) is 0 Å². The minimum atomic E-state index is -5.62. The van der Waals surface area contributed by atoms with Crippen LogP contribution >= 0.6 is 0 Å². The first-order valence-corrected chi connectivity index (χ1v) is 2.54. The minimum absolute atomic E-state index is 0. The van der Waals surface area contributed by atoms with Gasteiger partial charge >= 0.3 is 69.8 Å². The zero-order valence-electron chi connectivity index (χ0n) is 3.30. The van der Waals surface area contributed by atoms with Gasteiger partial charge in [0.2, 0.25) is 0 Å². The number of hydrogen-bond donors (Lipinski definition) is 0. The molecule has 0 atom stereocenters.